The maximum absolute atomic E-state index is 13.0. The molecule has 0 fully saturated rings. The van der Waals surface area contributed by atoms with Crippen molar-refractivity contribution in [2.45, 2.75) is 19.3 Å². The van der Waals surface area contributed by atoms with Crippen LogP contribution in [0.2, 0.25) is 0 Å². The quantitative estimate of drug-likeness (QED) is 0.747. The molecule has 4 nitrogen and oxygen atoms in total. The largest absolute Gasteiger partial charge is 0.874 e. The minimum absolute atomic E-state index is 0.106. The Hall–Kier alpha value is -3.53. The van der Waals surface area contributed by atoms with Gasteiger partial charge in [-0.3, -0.25) is 4.79 Å². The van der Waals surface area contributed by atoms with Gasteiger partial charge in [-0.2, -0.15) is 0 Å². The molecule has 2 heterocycles. The Kier molecular flexibility index (Phi) is 4.23. The molecule has 1 atom stereocenters. The molecule has 156 valence electrons. The van der Waals surface area contributed by atoms with Gasteiger partial charge in [0, 0.05) is 47.9 Å². The summed E-state index contributed by atoms with van der Waals surface area (Å²) in [7, 11) is 3.95. The third-order valence-corrected chi connectivity index (χ3v) is 6.77. The van der Waals surface area contributed by atoms with Crippen LogP contribution in [0.5, 0.6) is 0 Å². The van der Waals surface area contributed by atoms with Crippen molar-refractivity contribution in [3.63, 3.8) is 0 Å². The molecule has 1 unspecified atom stereocenters. The molecule has 31 heavy (non-hydrogen) atoms. The number of para-hydroxylation sites is 2. The van der Waals surface area contributed by atoms with Crippen molar-refractivity contribution >= 4 is 23.2 Å². The summed E-state index contributed by atoms with van der Waals surface area (Å²) in [5, 5.41) is 13.0. The van der Waals surface area contributed by atoms with Crippen LogP contribution in [0.15, 0.2) is 89.5 Å². The van der Waals surface area contributed by atoms with E-state index in [1.807, 2.05) is 61.5 Å². The van der Waals surface area contributed by atoms with E-state index in [-0.39, 0.29) is 17.0 Å². The number of anilines is 2. The van der Waals surface area contributed by atoms with Crippen LogP contribution >= 0.6 is 0 Å². The number of carbonyl (C=O) groups is 1. The van der Waals surface area contributed by atoms with Crippen molar-refractivity contribution in [1.82, 2.24) is 0 Å². The first-order valence-electron chi connectivity index (χ1n) is 10.5. The van der Waals surface area contributed by atoms with Crippen LogP contribution in [0, 0.1) is 5.92 Å². The summed E-state index contributed by atoms with van der Waals surface area (Å²) in [6.07, 6.45) is 7.57. The fourth-order valence-corrected chi connectivity index (χ4v) is 4.89. The average molecular weight is 410 g/mol. The molecule has 0 saturated heterocycles. The molecule has 0 aromatic heterocycles. The van der Waals surface area contributed by atoms with Gasteiger partial charge in [-0.1, -0.05) is 56.3 Å². The number of benzene rings is 2. The lowest BCUT2D eigenvalue weighted by atomic mass is 9.78. The van der Waals surface area contributed by atoms with Gasteiger partial charge in [0.2, 0.25) is 0 Å². The number of hydrogen-bond acceptors (Lipinski definition) is 4. The SMILES string of the molecule is CN1/C(=C\C2=C([O-])C(/C=C3\C=Cc4ccccc4N3C)C2=O)C(C)(C)c2ccccc21. The lowest BCUT2D eigenvalue weighted by Crippen LogP contribution is -2.38. The number of fused-ring (bicyclic) bond motifs is 2. The average Bonchev–Trinajstić information content (AvgIpc) is 2.97. The van der Waals surface area contributed by atoms with E-state index < -0.39 is 5.92 Å². The summed E-state index contributed by atoms with van der Waals surface area (Å²) in [5.74, 6) is -0.923. The van der Waals surface area contributed by atoms with Crippen LogP contribution in [-0.4, -0.2) is 19.9 Å². The number of likely N-dealkylation sites (N-methyl/N-ethyl adjacent to an activating group) is 2. The van der Waals surface area contributed by atoms with E-state index >= 15 is 0 Å². The summed E-state index contributed by atoms with van der Waals surface area (Å²) < 4.78 is 0. The third-order valence-electron chi connectivity index (χ3n) is 6.77. The van der Waals surface area contributed by atoms with Gasteiger partial charge in [-0.15, -0.1) is 5.76 Å². The predicted molar refractivity (Wildman–Crippen MR) is 123 cm³/mol. The van der Waals surface area contributed by atoms with Crippen LogP contribution in [0.3, 0.4) is 0 Å². The molecule has 0 amide bonds. The monoisotopic (exact) mass is 409 g/mol. The van der Waals surface area contributed by atoms with Crippen molar-refractivity contribution in [2.24, 2.45) is 5.92 Å². The lowest BCUT2D eigenvalue weighted by Gasteiger charge is -2.36. The number of carbonyl (C=O) groups excluding carboxylic acids is 1. The predicted octanol–water partition coefficient (Wildman–Crippen LogP) is 4.16. The van der Waals surface area contributed by atoms with Crippen molar-refractivity contribution in [3.8, 4) is 0 Å². The smallest absolute Gasteiger partial charge is 0.172 e. The van der Waals surface area contributed by atoms with E-state index in [0.717, 1.165) is 28.3 Å². The lowest BCUT2D eigenvalue weighted by molar-refractivity contribution is -0.315. The number of Topliss-reactive ketones (excluding diaryl/α,β-unsaturated/α-hetero) is 1. The van der Waals surface area contributed by atoms with E-state index in [1.165, 1.54) is 5.56 Å². The Morgan fingerprint density at radius 1 is 0.935 bits per heavy atom. The highest BCUT2D eigenvalue weighted by Crippen LogP contribution is 2.48. The van der Waals surface area contributed by atoms with E-state index in [9.17, 15) is 9.90 Å². The molecular formula is C27H25N2O2-. The van der Waals surface area contributed by atoms with Crippen molar-refractivity contribution in [2.75, 3.05) is 23.9 Å². The molecule has 3 aliphatic rings. The molecule has 5 rings (SSSR count). The molecule has 2 aromatic carbocycles. The molecule has 2 aliphatic heterocycles. The van der Waals surface area contributed by atoms with E-state index in [4.69, 9.17) is 0 Å². The van der Waals surface area contributed by atoms with Crippen LogP contribution in [0.1, 0.15) is 25.0 Å². The number of rotatable bonds is 2. The maximum atomic E-state index is 13.0. The van der Waals surface area contributed by atoms with Crippen molar-refractivity contribution < 1.29 is 9.90 Å². The Morgan fingerprint density at radius 2 is 1.61 bits per heavy atom. The fourth-order valence-electron chi connectivity index (χ4n) is 4.89. The second kappa shape index (κ2) is 6.74. The van der Waals surface area contributed by atoms with Gasteiger partial charge in [0.05, 0.1) is 5.92 Å². The first kappa shape index (κ1) is 19.4. The third kappa shape index (κ3) is 2.78. The summed E-state index contributed by atoms with van der Waals surface area (Å²) >= 11 is 0. The Labute approximate surface area is 183 Å². The summed E-state index contributed by atoms with van der Waals surface area (Å²) in [6.45, 7) is 4.27. The second-order valence-corrected chi connectivity index (χ2v) is 8.89. The first-order valence-corrected chi connectivity index (χ1v) is 10.5. The standard InChI is InChI=1S/C27H26N2O2/c1-27(2)21-10-6-8-12-23(21)29(4)24(27)16-20-25(30)19(26(20)31)15-18-14-13-17-9-5-7-11-22(17)28(18)3/h5-16,19,30H,1-4H3/p-1/b18-15+,24-16-. The van der Waals surface area contributed by atoms with Gasteiger partial charge in [-0.05, 0) is 41.5 Å². The first-order chi connectivity index (χ1) is 14.8. The van der Waals surface area contributed by atoms with Crippen LogP contribution in [0.4, 0.5) is 11.4 Å². The van der Waals surface area contributed by atoms with Crippen LogP contribution in [0.25, 0.3) is 6.08 Å². The molecule has 2 aromatic rings. The zero-order valence-electron chi connectivity index (χ0n) is 18.2. The van der Waals surface area contributed by atoms with Gasteiger partial charge in [0.1, 0.15) is 0 Å². The molecule has 0 saturated carbocycles. The van der Waals surface area contributed by atoms with E-state index in [0.29, 0.717) is 5.57 Å². The van der Waals surface area contributed by atoms with Gasteiger partial charge >= 0.3 is 0 Å². The molecular weight excluding hydrogens is 384 g/mol. The highest BCUT2D eigenvalue weighted by molar-refractivity contribution is 6.09. The van der Waals surface area contributed by atoms with Crippen molar-refractivity contribution in [3.05, 3.63) is 101 Å². The summed E-state index contributed by atoms with van der Waals surface area (Å²) in [4.78, 5) is 17.1. The molecule has 0 N–H and O–H groups in total. The number of nitrogens with zero attached hydrogens (tertiary/aromatic N) is 2. The molecule has 0 spiro atoms. The molecule has 1 aliphatic carbocycles. The van der Waals surface area contributed by atoms with Crippen molar-refractivity contribution in [1.29, 1.82) is 0 Å². The number of ketones is 1. The zero-order valence-corrected chi connectivity index (χ0v) is 18.2. The minimum atomic E-state index is -0.712. The molecule has 4 heteroatoms. The highest BCUT2D eigenvalue weighted by atomic mass is 16.3. The molecule has 0 radical (unpaired) electrons. The zero-order chi connectivity index (χ0) is 21.9. The Balaban J connectivity index is 1.47. The highest BCUT2D eigenvalue weighted by Gasteiger charge is 2.40. The van der Waals surface area contributed by atoms with Gasteiger partial charge in [0.15, 0.2) is 5.78 Å². The topological polar surface area (TPSA) is 46.6 Å². The normalized spacial score (nSPS) is 24.0. The van der Waals surface area contributed by atoms with Gasteiger partial charge in [-0.25, -0.2) is 0 Å². The van der Waals surface area contributed by atoms with Gasteiger partial charge < -0.3 is 14.9 Å². The molecule has 0 bridgehead atoms. The Bertz CT molecular complexity index is 1230. The van der Waals surface area contributed by atoms with Gasteiger partial charge in [0.25, 0.3) is 0 Å². The summed E-state index contributed by atoms with van der Waals surface area (Å²) in [6, 6.07) is 16.3. The Morgan fingerprint density at radius 3 is 2.32 bits per heavy atom. The minimum Gasteiger partial charge on any atom is -0.874 e. The van der Waals surface area contributed by atoms with E-state index in [1.54, 1.807) is 12.2 Å². The second-order valence-electron chi connectivity index (χ2n) is 8.89. The van der Waals surface area contributed by atoms with E-state index in [2.05, 4.69) is 36.9 Å². The number of allylic oxidation sites excluding steroid dienone is 5. The fraction of sp³-hybridized carbons (Fsp3) is 0.222. The van der Waals surface area contributed by atoms with Crippen LogP contribution in [-0.2, 0) is 10.2 Å². The van der Waals surface area contributed by atoms with Crippen LogP contribution < -0.4 is 14.9 Å². The maximum Gasteiger partial charge on any atom is 0.172 e. The number of hydrogen-bond donors (Lipinski definition) is 0. The summed E-state index contributed by atoms with van der Waals surface area (Å²) in [5.41, 5.74) is 6.37.